The van der Waals surface area contributed by atoms with E-state index in [1.807, 2.05) is 6.92 Å². The van der Waals surface area contributed by atoms with E-state index < -0.39 is 0 Å². The first-order chi connectivity index (χ1) is 8.93. The molecule has 1 aliphatic heterocycles. The summed E-state index contributed by atoms with van der Waals surface area (Å²) in [6.45, 7) is 1.91. The molecule has 7 heteroatoms. The minimum absolute atomic E-state index is 0.0124. The van der Waals surface area contributed by atoms with Gasteiger partial charge in [0.05, 0.1) is 0 Å². The number of carbonyl (C=O) groups excluding carboxylic acids is 3. The van der Waals surface area contributed by atoms with Crippen LogP contribution in [0.3, 0.4) is 0 Å². The summed E-state index contributed by atoms with van der Waals surface area (Å²) < 4.78 is 0. The summed E-state index contributed by atoms with van der Waals surface area (Å²) in [6.07, 6.45) is 1.55. The average molecular weight is 268 g/mol. The van der Waals surface area contributed by atoms with Crippen LogP contribution in [-0.4, -0.2) is 55.7 Å². The summed E-state index contributed by atoms with van der Waals surface area (Å²) in [5, 5.41) is 5.61. The number of likely N-dealkylation sites (N-methyl/N-ethyl adjacent to an activating group) is 1. The number of hydrogen-bond acceptors (Lipinski definition) is 5. The number of amides is 2. The Balaban J connectivity index is 3.00. The van der Waals surface area contributed by atoms with Crippen molar-refractivity contribution in [2.45, 2.75) is 19.5 Å². The van der Waals surface area contributed by atoms with E-state index in [9.17, 15) is 14.4 Å². The van der Waals surface area contributed by atoms with Crippen LogP contribution in [0.25, 0.3) is 0 Å². The molecule has 1 heterocycles. The van der Waals surface area contributed by atoms with Crippen LogP contribution in [0.4, 0.5) is 0 Å². The smallest absolute Gasteiger partial charge is 0.273 e. The Labute approximate surface area is 112 Å². The van der Waals surface area contributed by atoms with Gasteiger partial charge in [0.15, 0.2) is 0 Å². The maximum atomic E-state index is 12.1. The predicted molar refractivity (Wildman–Crippen MR) is 69.5 cm³/mol. The Hall–Kier alpha value is -2.05. The van der Waals surface area contributed by atoms with Gasteiger partial charge < -0.3 is 25.2 Å². The van der Waals surface area contributed by atoms with Crippen molar-refractivity contribution < 1.29 is 14.4 Å². The summed E-state index contributed by atoms with van der Waals surface area (Å²) in [4.78, 5) is 36.5. The molecule has 0 aliphatic carbocycles. The van der Waals surface area contributed by atoms with E-state index in [0.29, 0.717) is 24.3 Å². The number of hydrogen-bond donors (Lipinski definition) is 2. The van der Waals surface area contributed by atoms with Gasteiger partial charge in [-0.25, -0.2) is 0 Å². The normalized spacial score (nSPS) is 19.8. The summed E-state index contributed by atoms with van der Waals surface area (Å²) in [5.41, 5.74) is 0.336. The molecule has 1 rings (SSSR count). The van der Waals surface area contributed by atoms with Gasteiger partial charge in [0, 0.05) is 33.5 Å². The number of carbonyl (C=O) groups is 3. The molecule has 0 bridgehead atoms. The lowest BCUT2D eigenvalue weighted by atomic mass is 10.1. The molecular weight excluding hydrogens is 248 g/mol. The van der Waals surface area contributed by atoms with E-state index in [1.54, 1.807) is 26.0 Å². The fourth-order valence-corrected chi connectivity index (χ4v) is 2.05. The Morgan fingerprint density at radius 1 is 1.53 bits per heavy atom. The maximum absolute atomic E-state index is 12.1. The van der Waals surface area contributed by atoms with Crippen LogP contribution in [0.1, 0.15) is 13.3 Å². The van der Waals surface area contributed by atoms with Crippen LogP contribution in [0, 0.1) is 5.92 Å². The second-order valence-corrected chi connectivity index (χ2v) is 4.77. The Morgan fingerprint density at radius 2 is 2.16 bits per heavy atom. The van der Waals surface area contributed by atoms with Gasteiger partial charge >= 0.3 is 0 Å². The van der Waals surface area contributed by atoms with E-state index in [1.165, 1.54) is 4.90 Å². The van der Waals surface area contributed by atoms with Crippen LogP contribution >= 0.6 is 0 Å². The zero-order valence-corrected chi connectivity index (χ0v) is 11.6. The van der Waals surface area contributed by atoms with Gasteiger partial charge in [-0.3, -0.25) is 9.59 Å². The highest BCUT2D eigenvalue weighted by Gasteiger charge is 2.35. The molecule has 2 unspecified atom stereocenters. The third-order valence-electron chi connectivity index (χ3n) is 3.12. The molecule has 106 valence electrons. The molecule has 1 aliphatic rings. The van der Waals surface area contributed by atoms with Crippen molar-refractivity contribution >= 4 is 18.6 Å². The molecule has 0 saturated heterocycles. The van der Waals surface area contributed by atoms with E-state index >= 15 is 0 Å². The minimum atomic E-state index is -0.225. The molecule has 0 aromatic heterocycles. The number of nitrogens with one attached hydrogen (secondary N) is 2. The monoisotopic (exact) mass is 268 g/mol. The highest BCUT2D eigenvalue weighted by Crippen LogP contribution is 2.23. The van der Waals surface area contributed by atoms with Crippen LogP contribution < -0.4 is 10.6 Å². The number of aldehydes is 1. The Kier molecular flexibility index (Phi) is 4.91. The van der Waals surface area contributed by atoms with Crippen LogP contribution in [-0.2, 0) is 14.4 Å². The maximum Gasteiger partial charge on any atom is 0.273 e. The summed E-state index contributed by atoms with van der Waals surface area (Å²) in [5.74, 6) is 0.215. The summed E-state index contributed by atoms with van der Waals surface area (Å²) in [6, 6.07) is 0. The third kappa shape index (κ3) is 3.04. The van der Waals surface area contributed by atoms with Crippen molar-refractivity contribution in [3.05, 3.63) is 11.5 Å². The van der Waals surface area contributed by atoms with Crippen molar-refractivity contribution in [3.8, 4) is 0 Å². The predicted octanol–water partition coefficient (Wildman–Crippen LogP) is -0.924. The highest BCUT2D eigenvalue weighted by molar-refractivity contribution is 5.94. The second-order valence-electron chi connectivity index (χ2n) is 4.77. The first-order valence-electron chi connectivity index (χ1n) is 6.03. The first kappa shape index (κ1) is 15.0. The lowest BCUT2D eigenvalue weighted by molar-refractivity contribution is -0.125. The van der Waals surface area contributed by atoms with Crippen molar-refractivity contribution in [3.63, 3.8) is 0 Å². The molecule has 2 amide bonds. The zero-order chi connectivity index (χ0) is 14.6. The number of rotatable bonds is 6. The van der Waals surface area contributed by atoms with Gasteiger partial charge in [-0.1, -0.05) is 6.92 Å². The van der Waals surface area contributed by atoms with Crippen LogP contribution in [0.2, 0.25) is 0 Å². The summed E-state index contributed by atoms with van der Waals surface area (Å²) in [7, 11) is 5.04. The van der Waals surface area contributed by atoms with Gasteiger partial charge in [-0.05, 0) is 0 Å². The first-order valence-corrected chi connectivity index (χ1v) is 6.03. The second kappa shape index (κ2) is 6.21. The molecule has 0 saturated carbocycles. The third-order valence-corrected chi connectivity index (χ3v) is 3.12. The Bertz CT molecular complexity index is 406. The number of nitrogens with zero attached hydrogens (tertiary/aromatic N) is 2. The minimum Gasteiger partial charge on any atom is -0.357 e. The zero-order valence-electron chi connectivity index (χ0n) is 11.6. The van der Waals surface area contributed by atoms with Gasteiger partial charge in [0.2, 0.25) is 6.41 Å². The van der Waals surface area contributed by atoms with Gasteiger partial charge in [-0.2, -0.15) is 0 Å². The average Bonchev–Trinajstić information content (AvgIpc) is 2.67. The van der Waals surface area contributed by atoms with Gasteiger partial charge in [0.25, 0.3) is 5.91 Å². The molecule has 2 N–H and O–H groups in total. The Morgan fingerprint density at radius 3 is 2.63 bits per heavy atom. The fraction of sp³-hybridized carbons (Fsp3) is 0.583. The van der Waals surface area contributed by atoms with Gasteiger partial charge in [-0.15, -0.1) is 0 Å². The molecule has 0 fully saturated rings. The van der Waals surface area contributed by atoms with E-state index in [-0.39, 0.29) is 18.0 Å². The molecule has 0 aromatic carbocycles. The molecule has 0 aromatic rings. The SMILES string of the molecule is CC(CC=O)C1NC(C(=O)N(C)C)=C(NC=O)N1C. The van der Waals surface area contributed by atoms with E-state index in [4.69, 9.17) is 0 Å². The van der Waals surface area contributed by atoms with Crippen LogP contribution in [0.5, 0.6) is 0 Å². The van der Waals surface area contributed by atoms with E-state index in [2.05, 4.69) is 10.6 Å². The summed E-state index contributed by atoms with van der Waals surface area (Å²) >= 11 is 0. The molecule has 0 radical (unpaired) electrons. The lowest BCUT2D eigenvalue weighted by Crippen LogP contribution is -2.42. The van der Waals surface area contributed by atoms with Crippen molar-refractivity contribution in [1.82, 2.24) is 20.4 Å². The molecule has 2 atom stereocenters. The van der Waals surface area contributed by atoms with Crippen molar-refractivity contribution in [2.75, 3.05) is 21.1 Å². The molecule has 7 nitrogen and oxygen atoms in total. The largest absolute Gasteiger partial charge is 0.357 e. The molecule has 19 heavy (non-hydrogen) atoms. The topological polar surface area (TPSA) is 81.8 Å². The fourth-order valence-electron chi connectivity index (χ4n) is 2.05. The quantitative estimate of drug-likeness (QED) is 0.609. The van der Waals surface area contributed by atoms with Crippen molar-refractivity contribution in [1.29, 1.82) is 0 Å². The van der Waals surface area contributed by atoms with Crippen molar-refractivity contribution in [2.24, 2.45) is 5.92 Å². The molecule has 0 spiro atoms. The van der Waals surface area contributed by atoms with Crippen LogP contribution in [0.15, 0.2) is 11.5 Å². The van der Waals surface area contributed by atoms with Gasteiger partial charge in [0.1, 0.15) is 24.0 Å². The highest BCUT2D eigenvalue weighted by atomic mass is 16.2. The van der Waals surface area contributed by atoms with E-state index in [0.717, 1.165) is 6.29 Å². The molecular formula is C12H20N4O3. The lowest BCUT2D eigenvalue weighted by Gasteiger charge is -2.28. The standard InChI is InChI=1S/C12H20N4O3/c1-8(5-6-17)10-14-9(12(19)15(2)3)11(13-7-18)16(10)4/h6-8,10,14H,5H2,1-4H3,(H,13,18).